The molecule has 2 heterocycles. The predicted molar refractivity (Wildman–Crippen MR) is 65.6 cm³/mol. The molecule has 3 nitrogen and oxygen atoms in total. The number of ether oxygens (including phenoxy) is 2. The highest BCUT2D eigenvalue weighted by atomic mass is 32.1. The van der Waals surface area contributed by atoms with Crippen molar-refractivity contribution in [1.82, 2.24) is 5.32 Å². The molecule has 1 unspecified atom stereocenters. The highest BCUT2D eigenvalue weighted by molar-refractivity contribution is 7.07. The molecule has 0 radical (unpaired) electrons. The second-order valence-corrected chi connectivity index (χ2v) is 5.44. The van der Waals surface area contributed by atoms with Gasteiger partial charge >= 0.3 is 0 Å². The summed E-state index contributed by atoms with van der Waals surface area (Å²) in [5.74, 6) is -0.427. The van der Waals surface area contributed by atoms with E-state index in [1.54, 1.807) is 11.3 Å². The van der Waals surface area contributed by atoms with Crippen molar-refractivity contribution < 1.29 is 9.47 Å². The fourth-order valence-electron chi connectivity index (χ4n) is 1.76. The first-order chi connectivity index (χ1) is 7.57. The van der Waals surface area contributed by atoms with Gasteiger partial charge in [0.2, 0.25) is 0 Å². The molecule has 1 aromatic heterocycles. The Hall–Kier alpha value is -0.420. The Morgan fingerprint density at radius 1 is 1.44 bits per heavy atom. The van der Waals surface area contributed by atoms with Gasteiger partial charge in [0.25, 0.3) is 0 Å². The summed E-state index contributed by atoms with van der Waals surface area (Å²) in [6.45, 7) is 7.49. The number of nitrogens with one attached hydrogen (secondary N) is 1. The van der Waals surface area contributed by atoms with Crippen LogP contribution in [0.2, 0.25) is 0 Å². The van der Waals surface area contributed by atoms with Gasteiger partial charge in [-0.2, -0.15) is 11.3 Å². The molecule has 0 bridgehead atoms. The van der Waals surface area contributed by atoms with Gasteiger partial charge in [0.15, 0.2) is 5.79 Å². The van der Waals surface area contributed by atoms with Gasteiger partial charge in [0.05, 0.1) is 19.3 Å². The molecule has 1 atom stereocenters. The fourth-order valence-corrected chi connectivity index (χ4v) is 2.51. The van der Waals surface area contributed by atoms with Crippen LogP contribution in [0.5, 0.6) is 0 Å². The van der Waals surface area contributed by atoms with Gasteiger partial charge in [-0.05, 0) is 43.2 Å². The van der Waals surface area contributed by atoms with E-state index >= 15 is 0 Å². The lowest BCUT2D eigenvalue weighted by Crippen LogP contribution is -2.49. The highest BCUT2D eigenvalue weighted by Gasteiger charge is 2.28. The molecule has 1 aromatic rings. The van der Waals surface area contributed by atoms with Crippen LogP contribution in [0.4, 0.5) is 0 Å². The molecule has 4 heteroatoms. The predicted octanol–water partition coefficient (Wildman–Crippen LogP) is 2.55. The Bertz CT molecular complexity index is 314. The molecule has 1 aliphatic heterocycles. The summed E-state index contributed by atoms with van der Waals surface area (Å²) in [7, 11) is 0. The van der Waals surface area contributed by atoms with Crippen LogP contribution in [-0.4, -0.2) is 25.0 Å². The second-order valence-electron chi connectivity index (χ2n) is 4.66. The molecule has 90 valence electrons. The van der Waals surface area contributed by atoms with E-state index in [0.29, 0.717) is 19.3 Å². The smallest absolute Gasteiger partial charge is 0.162 e. The number of hydrogen-bond donors (Lipinski definition) is 1. The third kappa shape index (κ3) is 3.04. The Labute approximate surface area is 101 Å². The maximum absolute atomic E-state index is 5.61. The third-order valence-electron chi connectivity index (χ3n) is 2.79. The Morgan fingerprint density at radius 3 is 2.69 bits per heavy atom. The van der Waals surface area contributed by atoms with Gasteiger partial charge in [-0.15, -0.1) is 0 Å². The van der Waals surface area contributed by atoms with Crippen LogP contribution in [0, 0.1) is 0 Å². The van der Waals surface area contributed by atoms with E-state index in [9.17, 15) is 0 Å². The average Bonchev–Trinajstić information content (AvgIpc) is 2.74. The lowest BCUT2D eigenvalue weighted by Gasteiger charge is -2.36. The van der Waals surface area contributed by atoms with Crippen LogP contribution < -0.4 is 5.32 Å². The number of hydrogen-bond acceptors (Lipinski definition) is 4. The first-order valence-electron chi connectivity index (χ1n) is 5.63. The van der Waals surface area contributed by atoms with Crippen molar-refractivity contribution >= 4 is 11.3 Å². The third-order valence-corrected chi connectivity index (χ3v) is 3.49. The minimum Gasteiger partial charge on any atom is -0.349 e. The molecule has 0 spiro atoms. The molecule has 0 aromatic carbocycles. The van der Waals surface area contributed by atoms with E-state index < -0.39 is 5.79 Å². The summed E-state index contributed by atoms with van der Waals surface area (Å²) in [4.78, 5) is 0. The van der Waals surface area contributed by atoms with Gasteiger partial charge in [-0.1, -0.05) is 0 Å². The summed E-state index contributed by atoms with van der Waals surface area (Å²) in [6, 6.07) is 2.78. The van der Waals surface area contributed by atoms with Crippen molar-refractivity contribution in [2.24, 2.45) is 0 Å². The van der Waals surface area contributed by atoms with Crippen molar-refractivity contribution in [1.29, 1.82) is 0 Å². The monoisotopic (exact) mass is 241 g/mol. The van der Waals surface area contributed by atoms with Crippen LogP contribution in [0.25, 0.3) is 0 Å². The lowest BCUT2D eigenvalue weighted by molar-refractivity contribution is -0.253. The normalized spacial score (nSPS) is 23.2. The standard InChI is InChI=1S/C12H19NO2S/c1-9(10-4-5-16-8-10)13-11-6-14-12(2,3)15-7-11/h4-5,8-9,11,13H,6-7H2,1-3H3. The molecular weight excluding hydrogens is 222 g/mol. The SMILES string of the molecule is CC(NC1COC(C)(C)OC1)c1ccsc1. The maximum atomic E-state index is 5.61. The summed E-state index contributed by atoms with van der Waals surface area (Å²) in [5.41, 5.74) is 1.33. The molecule has 2 rings (SSSR count). The molecule has 16 heavy (non-hydrogen) atoms. The van der Waals surface area contributed by atoms with Gasteiger partial charge in [-0.25, -0.2) is 0 Å². The van der Waals surface area contributed by atoms with Gasteiger partial charge in [0, 0.05) is 6.04 Å². The zero-order valence-corrected chi connectivity index (χ0v) is 10.8. The molecule has 1 N–H and O–H groups in total. The number of rotatable bonds is 3. The quantitative estimate of drug-likeness (QED) is 0.882. The van der Waals surface area contributed by atoms with Crippen molar-refractivity contribution in [3.8, 4) is 0 Å². The van der Waals surface area contributed by atoms with Gasteiger partial charge < -0.3 is 14.8 Å². The van der Waals surface area contributed by atoms with Crippen molar-refractivity contribution in [2.45, 2.75) is 38.6 Å². The fraction of sp³-hybridized carbons (Fsp3) is 0.667. The van der Waals surface area contributed by atoms with Crippen molar-refractivity contribution in [2.75, 3.05) is 13.2 Å². The van der Waals surface area contributed by atoms with Crippen molar-refractivity contribution in [3.05, 3.63) is 22.4 Å². The van der Waals surface area contributed by atoms with E-state index in [-0.39, 0.29) is 6.04 Å². The largest absolute Gasteiger partial charge is 0.349 e. The first kappa shape index (κ1) is 12.0. The average molecular weight is 241 g/mol. The molecule has 1 saturated heterocycles. The van der Waals surface area contributed by atoms with Crippen LogP contribution in [-0.2, 0) is 9.47 Å². The minimum absolute atomic E-state index is 0.280. The summed E-state index contributed by atoms with van der Waals surface area (Å²) in [6.07, 6.45) is 0. The zero-order chi connectivity index (χ0) is 11.6. The topological polar surface area (TPSA) is 30.5 Å². The Balaban J connectivity index is 1.83. The zero-order valence-electron chi connectivity index (χ0n) is 10.0. The molecule has 0 saturated carbocycles. The number of thiophene rings is 1. The molecular formula is C12H19NO2S. The first-order valence-corrected chi connectivity index (χ1v) is 6.57. The molecule has 0 aliphatic carbocycles. The molecule has 1 aliphatic rings. The van der Waals surface area contributed by atoms with Gasteiger partial charge in [0.1, 0.15) is 0 Å². The summed E-state index contributed by atoms with van der Waals surface area (Å²) < 4.78 is 11.2. The van der Waals surface area contributed by atoms with Crippen molar-refractivity contribution in [3.63, 3.8) is 0 Å². The minimum atomic E-state index is -0.427. The van der Waals surface area contributed by atoms with E-state index in [4.69, 9.17) is 9.47 Å². The molecule has 1 fully saturated rings. The van der Waals surface area contributed by atoms with E-state index in [0.717, 1.165) is 0 Å². The van der Waals surface area contributed by atoms with Crippen LogP contribution in [0.1, 0.15) is 32.4 Å². The second kappa shape index (κ2) is 4.84. The lowest BCUT2D eigenvalue weighted by atomic mass is 10.1. The van der Waals surface area contributed by atoms with Crippen LogP contribution in [0.15, 0.2) is 16.8 Å². The molecule has 0 amide bonds. The highest BCUT2D eigenvalue weighted by Crippen LogP contribution is 2.20. The summed E-state index contributed by atoms with van der Waals surface area (Å²) >= 11 is 1.73. The van der Waals surface area contributed by atoms with E-state index in [1.165, 1.54) is 5.56 Å². The maximum Gasteiger partial charge on any atom is 0.162 e. The summed E-state index contributed by atoms with van der Waals surface area (Å²) in [5, 5.41) is 7.79. The van der Waals surface area contributed by atoms with Gasteiger partial charge in [-0.3, -0.25) is 0 Å². The van der Waals surface area contributed by atoms with E-state index in [2.05, 4.69) is 29.1 Å². The Kier molecular flexibility index (Phi) is 3.64. The Morgan fingerprint density at radius 2 is 2.12 bits per heavy atom. The van der Waals surface area contributed by atoms with Crippen LogP contribution in [0.3, 0.4) is 0 Å². The van der Waals surface area contributed by atoms with E-state index in [1.807, 2.05) is 13.8 Å². The van der Waals surface area contributed by atoms with Crippen LogP contribution >= 0.6 is 11.3 Å².